The molecule has 1 amide bonds. The zero-order chi connectivity index (χ0) is 18.9. The van der Waals surface area contributed by atoms with E-state index in [9.17, 15) is 9.59 Å². The maximum atomic E-state index is 12.3. The van der Waals surface area contributed by atoms with E-state index in [1.807, 2.05) is 11.8 Å². The summed E-state index contributed by atoms with van der Waals surface area (Å²) >= 11 is 0. The molecule has 5 nitrogen and oxygen atoms in total. The molecular weight excluding hydrogens is 328 g/mol. The summed E-state index contributed by atoms with van der Waals surface area (Å²) in [5, 5.41) is 12.0. The molecule has 1 aliphatic heterocycles. The average molecular weight is 360 g/mol. The van der Waals surface area contributed by atoms with Crippen LogP contribution in [0.5, 0.6) is 0 Å². The van der Waals surface area contributed by atoms with E-state index in [1.165, 1.54) is 17.5 Å². The molecule has 1 fully saturated rings. The van der Waals surface area contributed by atoms with Crippen molar-refractivity contribution in [3.63, 3.8) is 0 Å². The van der Waals surface area contributed by atoms with Crippen molar-refractivity contribution < 1.29 is 14.7 Å². The summed E-state index contributed by atoms with van der Waals surface area (Å²) in [6, 6.07) is 8.10. The van der Waals surface area contributed by atoms with Crippen LogP contribution in [0, 0.1) is 12.8 Å². The lowest BCUT2D eigenvalue weighted by Crippen LogP contribution is -2.46. The number of hydrogen-bond donors (Lipinski definition) is 2. The van der Waals surface area contributed by atoms with E-state index in [2.05, 4.69) is 36.5 Å². The van der Waals surface area contributed by atoms with Gasteiger partial charge in [-0.2, -0.15) is 0 Å². The van der Waals surface area contributed by atoms with Crippen LogP contribution < -0.4 is 5.32 Å². The Morgan fingerprint density at radius 3 is 2.46 bits per heavy atom. The Labute approximate surface area is 156 Å². The largest absolute Gasteiger partial charge is 0.480 e. The summed E-state index contributed by atoms with van der Waals surface area (Å²) in [4.78, 5) is 25.3. The second-order valence-corrected chi connectivity index (χ2v) is 7.41. The Kier molecular flexibility index (Phi) is 8.10. The lowest BCUT2D eigenvalue weighted by atomic mass is 9.90. The van der Waals surface area contributed by atoms with Crippen molar-refractivity contribution >= 4 is 11.9 Å². The third-order valence-corrected chi connectivity index (χ3v) is 5.30. The molecule has 0 saturated carbocycles. The number of nitrogens with zero attached hydrogens (tertiary/aromatic N) is 1. The van der Waals surface area contributed by atoms with E-state index in [0.29, 0.717) is 12.3 Å². The summed E-state index contributed by atoms with van der Waals surface area (Å²) in [5.74, 6) is -0.195. The second-order valence-electron chi connectivity index (χ2n) is 7.41. The van der Waals surface area contributed by atoms with E-state index in [1.54, 1.807) is 0 Å². The first-order chi connectivity index (χ1) is 12.5. The number of benzene rings is 1. The SMILES string of the molecule is CCCC(NCC(=O)N1CCC(CCc2ccc(C)cc2)CC1)C(=O)O. The summed E-state index contributed by atoms with van der Waals surface area (Å²) < 4.78 is 0. The highest BCUT2D eigenvalue weighted by Gasteiger charge is 2.24. The number of carboxylic acid groups (broad SMARTS) is 1. The number of amides is 1. The third-order valence-electron chi connectivity index (χ3n) is 5.30. The fraction of sp³-hybridized carbons (Fsp3) is 0.619. The van der Waals surface area contributed by atoms with Crippen LogP contribution in [0.4, 0.5) is 0 Å². The van der Waals surface area contributed by atoms with Crippen LogP contribution in [0.25, 0.3) is 0 Å². The topological polar surface area (TPSA) is 69.6 Å². The minimum absolute atomic E-state index is 0.0179. The van der Waals surface area contributed by atoms with Gasteiger partial charge in [-0.25, -0.2) is 0 Å². The van der Waals surface area contributed by atoms with Gasteiger partial charge in [0.15, 0.2) is 0 Å². The first kappa shape index (κ1) is 20.4. The van der Waals surface area contributed by atoms with Gasteiger partial charge in [0.2, 0.25) is 5.91 Å². The monoisotopic (exact) mass is 360 g/mol. The van der Waals surface area contributed by atoms with Crippen LogP contribution in [0.15, 0.2) is 24.3 Å². The molecule has 144 valence electrons. The molecule has 0 aliphatic carbocycles. The van der Waals surface area contributed by atoms with Crippen LogP contribution in [-0.2, 0) is 16.0 Å². The molecule has 0 radical (unpaired) electrons. The van der Waals surface area contributed by atoms with Crippen LogP contribution in [0.2, 0.25) is 0 Å². The number of carbonyl (C=O) groups is 2. The van der Waals surface area contributed by atoms with E-state index in [-0.39, 0.29) is 12.5 Å². The van der Waals surface area contributed by atoms with Gasteiger partial charge in [0.25, 0.3) is 0 Å². The molecule has 1 heterocycles. The van der Waals surface area contributed by atoms with Gasteiger partial charge in [-0.3, -0.25) is 14.9 Å². The fourth-order valence-corrected chi connectivity index (χ4v) is 3.52. The lowest BCUT2D eigenvalue weighted by Gasteiger charge is -2.32. The molecule has 1 aliphatic rings. The average Bonchev–Trinajstić information content (AvgIpc) is 2.64. The quantitative estimate of drug-likeness (QED) is 0.710. The Morgan fingerprint density at radius 1 is 1.23 bits per heavy atom. The van der Waals surface area contributed by atoms with Crippen molar-refractivity contribution in [2.75, 3.05) is 19.6 Å². The summed E-state index contributed by atoms with van der Waals surface area (Å²) in [7, 11) is 0. The van der Waals surface area contributed by atoms with Gasteiger partial charge >= 0.3 is 5.97 Å². The normalized spacial score (nSPS) is 16.5. The van der Waals surface area contributed by atoms with Gasteiger partial charge in [0.05, 0.1) is 6.54 Å². The molecule has 1 aromatic rings. The lowest BCUT2D eigenvalue weighted by molar-refractivity contribution is -0.140. The van der Waals surface area contributed by atoms with E-state index >= 15 is 0 Å². The summed E-state index contributed by atoms with van der Waals surface area (Å²) in [5.41, 5.74) is 2.67. The number of nitrogens with one attached hydrogen (secondary N) is 1. The van der Waals surface area contributed by atoms with Gasteiger partial charge < -0.3 is 10.0 Å². The van der Waals surface area contributed by atoms with Gasteiger partial charge in [0, 0.05) is 13.1 Å². The molecule has 2 rings (SSSR count). The fourth-order valence-electron chi connectivity index (χ4n) is 3.52. The van der Waals surface area contributed by atoms with Crippen molar-refractivity contribution in [3.8, 4) is 0 Å². The molecule has 1 saturated heterocycles. The van der Waals surface area contributed by atoms with Crippen LogP contribution in [0.1, 0.15) is 50.2 Å². The molecule has 26 heavy (non-hydrogen) atoms. The smallest absolute Gasteiger partial charge is 0.320 e. The predicted molar refractivity (Wildman–Crippen MR) is 103 cm³/mol. The molecule has 5 heteroatoms. The van der Waals surface area contributed by atoms with Crippen molar-refractivity contribution in [1.29, 1.82) is 0 Å². The summed E-state index contributed by atoms with van der Waals surface area (Å²) in [6.07, 6.45) is 5.66. The Bertz CT molecular complexity index is 577. The standard InChI is InChI=1S/C21H32N2O3/c1-3-4-19(21(25)26)22-15-20(24)23-13-11-18(12-14-23)10-9-17-7-5-16(2)6-8-17/h5-8,18-19,22H,3-4,9-15H2,1-2H3,(H,25,26). The molecule has 1 atom stereocenters. The zero-order valence-electron chi connectivity index (χ0n) is 16.0. The summed E-state index contributed by atoms with van der Waals surface area (Å²) in [6.45, 7) is 5.73. The highest BCUT2D eigenvalue weighted by molar-refractivity contribution is 5.80. The number of carbonyl (C=O) groups excluding carboxylic acids is 1. The zero-order valence-corrected chi connectivity index (χ0v) is 16.0. The Hall–Kier alpha value is -1.88. The van der Waals surface area contributed by atoms with Crippen LogP contribution in [-0.4, -0.2) is 47.6 Å². The van der Waals surface area contributed by atoms with Gasteiger partial charge in [-0.05, 0) is 50.5 Å². The maximum absolute atomic E-state index is 12.3. The first-order valence-corrected chi connectivity index (χ1v) is 9.79. The van der Waals surface area contributed by atoms with Crippen LogP contribution in [0.3, 0.4) is 0 Å². The molecule has 0 bridgehead atoms. The number of likely N-dealkylation sites (tertiary alicyclic amines) is 1. The van der Waals surface area contributed by atoms with E-state index in [4.69, 9.17) is 5.11 Å². The van der Waals surface area contributed by atoms with E-state index < -0.39 is 12.0 Å². The number of piperidine rings is 1. The van der Waals surface area contributed by atoms with Gasteiger partial charge in [-0.15, -0.1) is 0 Å². The predicted octanol–water partition coefficient (Wildman–Crippen LogP) is 3.01. The number of rotatable bonds is 9. The second kappa shape index (κ2) is 10.3. The first-order valence-electron chi connectivity index (χ1n) is 9.79. The van der Waals surface area contributed by atoms with Crippen molar-refractivity contribution in [2.45, 2.75) is 58.4 Å². The van der Waals surface area contributed by atoms with Crippen LogP contribution >= 0.6 is 0 Å². The highest BCUT2D eigenvalue weighted by Crippen LogP contribution is 2.22. The number of hydrogen-bond acceptors (Lipinski definition) is 3. The van der Waals surface area contributed by atoms with E-state index in [0.717, 1.165) is 38.8 Å². The molecule has 0 spiro atoms. The molecular formula is C21H32N2O3. The molecule has 0 aromatic heterocycles. The van der Waals surface area contributed by atoms with Crippen molar-refractivity contribution in [2.24, 2.45) is 5.92 Å². The molecule has 1 aromatic carbocycles. The van der Waals surface area contributed by atoms with Gasteiger partial charge in [-0.1, -0.05) is 43.2 Å². The minimum atomic E-state index is -0.880. The Balaban J connectivity index is 1.69. The van der Waals surface area contributed by atoms with Gasteiger partial charge in [0.1, 0.15) is 6.04 Å². The number of aliphatic carboxylic acids is 1. The molecule has 2 N–H and O–H groups in total. The Morgan fingerprint density at radius 2 is 1.88 bits per heavy atom. The molecule has 1 unspecified atom stereocenters. The van der Waals surface area contributed by atoms with Crippen molar-refractivity contribution in [1.82, 2.24) is 10.2 Å². The highest BCUT2D eigenvalue weighted by atomic mass is 16.4. The van der Waals surface area contributed by atoms with Crippen molar-refractivity contribution in [3.05, 3.63) is 35.4 Å². The maximum Gasteiger partial charge on any atom is 0.320 e. The number of aryl methyl sites for hydroxylation is 2. The number of carboxylic acids is 1. The third kappa shape index (κ3) is 6.45. The minimum Gasteiger partial charge on any atom is -0.480 e.